The Kier molecular flexibility index (Phi) is 4.61. The molecule has 0 saturated carbocycles. The van der Waals surface area contributed by atoms with E-state index in [1.165, 1.54) is 25.9 Å². The van der Waals surface area contributed by atoms with Crippen LogP contribution in [-0.4, -0.2) is 50.5 Å². The van der Waals surface area contributed by atoms with Gasteiger partial charge in [0.05, 0.1) is 24.2 Å². The number of pyridine rings is 1. The number of hydrogen-bond donors (Lipinski definition) is 0. The average Bonchev–Trinajstić information content (AvgIpc) is 3.30. The van der Waals surface area contributed by atoms with Crippen LogP contribution in [0.4, 0.5) is 0 Å². The molecule has 3 aromatic heterocycles. The Morgan fingerprint density at radius 3 is 2.88 bits per heavy atom. The van der Waals surface area contributed by atoms with Crippen LogP contribution in [0.1, 0.15) is 19.8 Å². The van der Waals surface area contributed by atoms with Crippen molar-refractivity contribution in [2.24, 2.45) is 5.92 Å². The molecule has 25 heavy (non-hydrogen) atoms. The van der Waals surface area contributed by atoms with Crippen molar-refractivity contribution in [1.29, 1.82) is 0 Å². The molecule has 6 nitrogen and oxygen atoms in total. The number of nitrogens with zero attached hydrogens (tertiary/aromatic N) is 5. The number of likely N-dealkylation sites (tertiary alicyclic amines) is 1. The van der Waals surface area contributed by atoms with Crippen molar-refractivity contribution in [3.8, 4) is 17.1 Å². The van der Waals surface area contributed by atoms with Crippen LogP contribution in [-0.2, 0) is 0 Å². The SMILES string of the molecule is CC(COc1ccn2c(-c3ccncn3)cnc2c1)CN1CCCC1. The predicted octanol–water partition coefficient (Wildman–Crippen LogP) is 2.90. The van der Waals surface area contributed by atoms with E-state index in [0.717, 1.165) is 35.9 Å². The Bertz CT molecular complexity index is 826. The minimum Gasteiger partial charge on any atom is -0.493 e. The zero-order valence-corrected chi connectivity index (χ0v) is 14.5. The van der Waals surface area contributed by atoms with E-state index in [1.807, 2.05) is 35.0 Å². The molecule has 4 rings (SSSR count). The van der Waals surface area contributed by atoms with Crippen molar-refractivity contribution in [2.45, 2.75) is 19.8 Å². The maximum absolute atomic E-state index is 6.00. The fourth-order valence-electron chi connectivity index (χ4n) is 3.38. The molecule has 4 heterocycles. The molecule has 130 valence electrons. The lowest BCUT2D eigenvalue weighted by Crippen LogP contribution is -2.28. The van der Waals surface area contributed by atoms with Gasteiger partial charge in [-0.05, 0) is 38.1 Å². The van der Waals surface area contributed by atoms with E-state index < -0.39 is 0 Å². The molecule has 6 heteroatoms. The Labute approximate surface area is 147 Å². The second kappa shape index (κ2) is 7.19. The number of fused-ring (bicyclic) bond motifs is 1. The van der Waals surface area contributed by atoms with E-state index in [2.05, 4.69) is 26.8 Å². The van der Waals surface area contributed by atoms with Gasteiger partial charge in [0.1, 0.15) is 17.7 Å². The second-order valence-electron chi connectivity index (χ2n) is 6.75. The highest BCUT2D eigenvalue weighted by atomic mass is 16.5. The third-order valence-electron chi connectivity index (χ3n) is 4.63. The second-order valence-corrected chi connectivity index (χ2v) is 6.75. The molecule has 1 atom stereocenters. The van der Waals surface area contributed by atoms with Gasteiger partial charge in [0.25, 0.3) is 0 Å². The first-order chi connectivity index (χ1) is 12.3. The Balaban J connectivity index is 1.43. The van der Waals surface area contributed by atoms with Crippen molar-refractivity contribution in [1.82, 2.24) is 24.3 Å². The van der Waals surface area contributed by atoms with Gasteiger partial charge in [0, 0.05) is 30.9 Å². The minimum absolute atomic E-state index is 0.519. The molecule has 0 spiro atoms. The van der Waals surface area contributed by atoms with E-state index in [-0.39, 0.29) is 0 Å². The Morgan fingerprint density at radius 2 is 2.08 bits per heavy atom. The third kappa shape index (κ3) is 3.64. The molecule has 0 aliphatic carbocycles. The molecule has 1 unspecified atom stereocenters. The summed E-state index contributed by atoms with van der Waals surface area (Å²) in [6.45, 7) is 6.56. The van der Waals surface area contributed by atoms with Crippen LogP contribution in [0.3, 0.4) is 0 Å². The van der Waals surface area contributed by atoms with Gasteiger partial charge in [-0.25, -0.2) is 15.0 Å². The normalized spacial score (nSPS) is 16.4. The van der Waals surface area contributed by atoms with Crippen molar-refractivity contribution < 1.29 is 4.74 Å². The van der Waals surface area contributed by atoms with E-state index in [0.29, 0.717) is 5.92 Å². The number of imidazole rings is 1. The maximum Gasteiger partial charge on any atom is 0.140 e. The molecule has 0 N–H and O–H groups in total. The van der Waals surface area contributed by atoms with Gasteiger partial charge in [-0.1, -0.05) is 6.92 Å². The highest BCUT2D eigenvalue weighted by molar-refractivity contribution is 5.60. The molecular formula is C19H23N5O. The zero-order valence-electron chi connectivity index (χ0n) is 14.5. The molecule has 0 amide bonds. The summed E-state index contributed by atoms with van der Waals surface area (Å²) in [5.74, 6) is 1.38. The number of ether oxygens (including phenoxy) is 1. The van der Waals surface area contributed by atoms with Gasteiger partial charge >= 0.3 is 0 Å². The lowest BCUT2D eigenvalue weighted by molar-refractivity contribution is 0.206. The van der Waals surface area contributed by atoms with Gasteiger partial charge < -0.3 is 9.64 Å². The topological polar surface area (TPSA) is 55.6 Å². The summed E-state index contributed by atoms with van der Waals surface area (Å²) in [7, 11) is 0. The summed E-state index contributed by atoms with van der Waals surface area (Å²) in [6, 6.07) is 5.85. The van der Waals surface area contributed by atoms with E-state index in [1.54, 1.807) is 12.5 Å². The van der Waals surface area contributed by atoms with Crippen LogP contribution < -0.4 is 4.74 Å². The molecule has 3 aromatic rings. The summed E-state index contributed by atoms with van der Waals surface area (Å²) >= 11 is 0. The summed E-state index contributed by atoms with van der Waals surface area (Å²) in [4.78, 5) is 15.3. The van der Waals surface area contributed by atoms with Gasteiger partial charge in [-0.15, -0.1) is 0 Å². The molecule has 0 radical (unpaired) electrons. The van der Waals surface area contributed by atoms with E-state index in [9.17, 15) is 0 Å². The predicted molar refractivity (Wildman–Crippen MR) is 96.6 cm³/mol. The zero-order chi connectivity index (χ0) is 17.1. The first kappa shape index (κ1) is 16.0. The van der Waals surface area contributed by atoms with Gasteiger partial charge in [-0.2, -0.15) is 0 Å². The summed E-state index contributed by atoms with van der Waals surface area (Å²) in [5.41, 5.74) is 2.67. The van der Waals surface area contributed by atoms with Crippen LogP contribution in [0.2, 0.25) is 0 Å². The molecule has 1 saturated heterocycles. The van der Waals surface area contributed by atoms with Crippen molar-refractivity contribution >= 4 is 5.65 Å². The molecular weight excluding hydrogens is 314 g/mol. The average molecular weight is 337 g/mol. The molecule has 1 fully saturated rings. The lowest BCUT2D eigenvalue weighted by atomic mass is 10.2. The number of aromatic nitrogens is 4. The fraction of sp³-hybridized carbons (Fsp3) is 0.421. The van der Waals surface area contributed by atoms with E-state index in [4.69, 9.17) is 4.74 Å². The first-order valence-corrected chi connectivity index (χ1v) is 8.88. The molecule has 0 bridgehead atoms. The highest BCUT2D eigenvalue weighted by Crippen LogP contribution is 2.22. The van der Waals surface area contributed by atoms with Crippen molar-refractivity contribution in [3.05, 3.63) is 43.1 Å². The van der Waals surface area contributed by atoms with Crippen LogP contribution >= 0.6 is 0 Å². The third-order valence-corrected chi connectivity index (χ3v) is 4.63. The maximum atomic E-state index is 6.00. The largest absolute Gasteiger partial charge is 0.493 e. The van der Waals surface area contributed by atoms with E-state index >= 15 is 0 Å². The van der Waals surface area contributed by atoms with Crippen LogP contribution in [0.5, 0.6) is 5.75 Å². The van der Waals surface area contributed by atoms with Gasteiger partial charge in [0.2, 0.25) is 0 Å². The number of rotatable bonds is 6. The monoisotopic (exact) mass is 337 g/mol. The summed E-state index contributed by atoms with van der Waals surface area (Å²) < 4.78 is 8.01. The van der Waals surface area contributed by atoms with Crippen molar-refractivity contribution in [3.63, 3.8) is 0 Å². The van der Waals surface area contributed by atoms with Gasteiger partial charge in [0.15, 0.2) is 0 Å². The quantitative estimate of drug-likeness (QED) is 0.692. The molecule has 0 aromatic carbocycles. The van der Waals surface area contributed by atoms with Crippen LogP contribution in [0.15, 0.2) is 43.1 Å². The first-order valence-electron chi connectivity index (χ1n) is 8.88. The fourth-order valence-corrected chi connectivity index (χ4v) is 3.38. The number of hydrogen-bond acceptors (Lipinski definition) is 5. The standard InChI is InChI=1S/C19H23N5O/c1-15(12-23-7-2-3-8-23)13-25-16-5-9-24-18(11-21-19(24)10-16)17-4-6-20-14-22-17/h4-6,9-11,14-15H,2-3,7-8,12-13H2,1H3. The lowest BCUT2D eigenvalue weighted by Gasteiger charge is -2.20. The highest BCUT2D eigenvalue weighted by Gasteiger charge is 2.15. The Morgan fingerprint density at radius 1 is 1.20 bits per heavy atom. The van der Waals surface area contributed by atoms with Gasteiger partial charge in [-0.3, -0.25) is 4.40 Å². The molecule has 1 aliphatic heterocycles. The Hall–Kier alpha value is -2.47. The summed E-state index contributed by atoms with van der Waals surface area (Å²) in [5, 5.41) is 0. The minimum atomic E-state index is 0.519. The summed E-state index contributed by atoms with van der Waals surface area (Å²) in [6.07, 6.45) is 9.77. The van der Waals surface area contributed by atoms with Crippen LogP contribution in [0.25, 0.3) is 17.0 Å². The van der Waals surface area contributed by atoms with Crippen molar-refractivity contribution in [2.75, 3.05) is 26.2 Å². The van der Waals surface area contributed by atoms with Crippen LogP contribution in [0, 0.1) is 5.92 Å². The smallest absolute Gasteiger partial charge is 0.140 e. The molecule has 1 aliphatic rings.